The van der Waals surface area contributed by atoms with Crippen LogP contribution in [0.2, 0.25) is 0 Å². The van der Waals surface area contributed by atoms with E-state index in [-0.39, 0.29) is 22.9 Å². The van der Waals surface area contributed by atoms with Crippen LogP contribution in [0.15, 0.2) is 27.3 Å². The van der Waals surface area contributed by atoms with Crippen molar-refractivity contribution in [2.45, 2.75) is 18.0 Å². The van der Waals surface area contributed by atoms with Crippen LogP contribution < -0.4 is 15.3 Å². The van der Waals surface area contributed by atoms with Crippen molar-refractivity contribution in [1.29, 1.82) is 0 Å². The van der Waals surface area contributed by atoms with E-state index >= 15 is 0 Å². The minimum atomic E-state index is -3.60. The largest absolute Gasteiger partial charge is 0.352 e. The molecule has 104 valence electrons. The van der Waals surface area contributed by atoms with Gasteiger partial charge in [0.1, 0.15) is 0 Å². The van der Waals surface area contributed by atoms with Crippen LogP contribution in [0.25, 0.3) is 0 Å². The summed E-state index contributed by atoms with van der Waals surface area (Å²) in [5.41, 5.74) is 6.76. The Balaban J connectivity index is 2.15. The van der Waals surface area contributed by atoms with Gasteiger partial charge in [0.15, 0.2) is 0 Å². The lowest BCUT2D eigenvalue weighted by molar-refractivity contribution is 0.580. The topological polar surface area (TPSA) is 110 Å². The average molecular weight is 302 g/mol. The van der Waals surface area contributed by atoms with Gasteiger partial charge in [-0.1, -0.05) is 11.3 Å². The molecule has 2 rings (SSSR count). The minimum Gasteiger partial charge on any atom is -0.352 e. The SMILES string of the molecule is Cn1cc(S(=O)(=O)NCc2csc(=O)[nH]2)cc1CN. The first-order valence-corrected chi connectivity index (χ1v) is 7.80. The van der Waals surface area contributed by atoms with Crippen LogP contribution in [0.4, 0.5) is 0 Å². The van der Waals surface area contributed by atoms with E-state index in [2.05, 4.69) is 9.71 Å². The molecule has 2 heterocycles. The third-order valence-electron chi connectivity index (χ3n) is 2.63. The Bertz CT molecular complexity index is 726. The van der Waals surface area contributed by atoms with Crippen molar-refractivity contribution in [1.82, 2.24) is 14.3 Å². The smallest absolute Gasteiger partial charge is 0.304 e. The van der Waals surface area contributed by atoms with Crippen molar-refractivity contribution in [3.8, 4) is 0 Å². The molecule has 2 aromatic heterocycles. The molecule has 19 heavy (non-hydrogen) atoms. The maximum absolute atomic E-state index is 12.0. The van der Waals surface area contributed by atoms with E-state index in [0.717, 1.165) is 17.0 Å². The molecule has 2 aromatic rings. The normalized spacial score (nSPS) is 11.9. The van der Waals surface area contributed by atoms with Crippen LogP contribution >= 0.6 is 11.3 Å². The molecule has 0 aliphatic carbocycles. The zero-order chi connectivity index (χ0) is 14.0. The van der Waals surface area contributed by atoms with Gasteiger partial charge in [0.05, 0.1) is 11.4 Å². The van der Waals surface area contributed by atoms with Crippen LogP contribution in [-0.2, 0) is 30.2 Å². The highest BCUT2D eigenvalue weighted by atomic mass is 32.2. The fraction of sp³-hybridized carbons (Fsp3) is 0.300. The van der Waals surface area contributed by atoms with Crippen LogP contribution in [0.3, 0.4) is 0 Å². The number of H-pyrrole nitrogens is 1. The number of thiazole rings is 1. The van der Waals surface area contributed by atoms with Crippen molar-refractivity contribution in [3.05, 3.63) is 38.7 Å². The average Bonchev–Trinajstić information content (AvgIpc) is 2.93. The molecule has 7 nitrogen and oxygen atoms in total. The lowest BCUT2D eigenvalue weighted by Crippen LogP contribution is -2.23. The fourth-order valence-corrected chi connectivity index (χ4v) is 3.27. The monoisotopic (exact) mass is 302 g/mol. The highest BCUT2D eigenvalue weighted by Gasteiger charge is 2.17. The van der Waals surface area contributed by atoms with Gasteiger partial charge in [0.2, 0.25) is 10.0 Å². The zero-order valence-corrected chi connectivity index (χ0v) is 11.8. The highest BCUT2D eigenvalue weighted by Crippen LogP contribution is 2.13. The molecule has 0 aromatic carbocycles. The van der Waals surface area contributed by atoms with Crippen LogP contribution in [0.5, 0.6) is 0 Å². The Labute approximate surface area is 114 Å². The van der Waals surface area contributed by atoms with Gasteiger partial charge in [-0.15, -0.1) is 0 Å². The minimum absolute atomic E-state index is 0.0495. The third-order valence-corrected chi connectivity index (χ3v) is 4.71. The van der Waals surface area contributed by atoms with Crippen LogP contribution in [0, 0.1) is 0 Å². The van der Waals surface area contributed by atoms with E-state index in [9.17, 15) is 13.2 Å². The van der Waals surface area contributed by atoms with Crippen molar-refractivity contribution in [3.63, 3.8) is 0 Å². The van der Waals surface area contributed by atoms with Gasteiger partial charge in [-0.3, -0.25) is 4.79 Å². The van der Waals surface area contributed by atoms with E-state index in [4.69, 9.17) is 5.73 Å². The molecule has 0 radical (unpaired) electrons. The first-order chi connectivity index (χ1) is 8.92. The quantitative estimate of drug-likeness (QED) is 0.705. The van der Waals surface area contributed by atoms with E-state index in [1.165, 1.54) is 12.3 Å². The molecule has 4 N–H and O–H groups in total. The van der Waals surface area contributed by atoms with Crippen LogP contribution in [0.1, 0.15) is 11.4 Å². The maximum Gasteiger partial charge on any atom is 0.304 e. The number of nitrogens with one attached hydrogen (secondary N) is 2. The van der Waals surface area contributed by atoms with Gasteiger partial charge in [-0.2, -0.15) is 0 Å². The first kappa shape index (κ1) is 14.0. The van der Waals surface area contributed by atoms with Gasteiger partial charge < -0.3 is 15.3 Å². The van der Waals surface area contributed by atoms with Gasteiger partial charge in [-0.25, -0.2) is 13.1 Å². The second-order valence-electron chi connectivity index (χ2n) is 3.98. The summed E-state index contributed by atoms with van der Waals surface area (Å²) >= 11 is 0.994. The molecule has 0 aliphatic rings. The Morgan fingerprint density at radius 1 is 1.53 bits per heavy atom. The molecular weight excluding hydrogens is 288 g/mol. The molecule has 0 spiro atoms. The molecule has 0 atom stereocenters. The summed E-state index contributed by atoms with van der Waals surface area (Å²) < 4.78 is 28.2. The molecular formula is C10H14N4O3S2. The summed E-state index contributed by atoms with van der Waals surface area (Å²) in [6, 6.07) is 1.53. The predicted octanol–water partition coefficient (Wildman–Crippen LogP) is -0.288. The fourth-order valence-electron chi connectivity index (χ4n) is 1.58. The van der Waals surface area contributed by atoms with Crippen LogP contribution in [-0.4, -0.2) is 18.0 Å². The number of nitrogens with zero attached hydrogens (tertiary/aromatic N) is 1. The molecule has 0 saturated carbocycles. The van der Waals surface area contributed by atoms with E-state index < -0.39 is 10.0 Å². The maximum atomic E-state index is 12.0. The van der Waals surface area contributed by atoms with E-state index in [0.29, 0.717) is 5.69 Å². The first-order valence-electron chi connectivity index (χ1n) is 5.44. The van der Waals surface area contributed by atoms with Gasteiger partial charge in [0, 0.05) is 36.6 Å². The predicted molar refractivity (Wildman–Crippen MR) is 72.3 cm³/mol. The summed E-state index contributed by atoms with van der Waals surface area (Å²) in [7, 11) is -1.87. The van der Waals surface area contributed by atoms with Crippen molar-refractivity contribution in [2.24, 2.45) is 12.8 Å². The zero-order valence-electron chi connectivity index (χ0n) is 10.2. The second-order valence-corrected chi connectivity index (χ2v) is 6.59. The number of nitrogens with two attached hydrogens (primary N) is 1. The molecule has 0 fully saturated rings. The number of sulfonamides is 1. The molecule has 0 unspecified atom stereocenters. The summed E-state index contributed by atoms with van der Waals surface area (Å²) in [5.74, 6) is 0. The Kier molecular flexibility index (Phi) is 3.90. The van der Waals surface area contributed by atoms with E-state index in [1.807, 2.05) is 0 Å². The van der Waals surface area contributed by atoms with Crippen molar-refractivity contribution >= 4 is 21.4 Å². The van der Waals surface area contributed by atoms with Gasteiger partial charge in [-0.05, 0) is 6.07 Å². The lowest BCUT2D eigenvalue weighted by atomic mass is 10.4. The molecule has 0 amide bonds. The molecule has 9 heteroatoms. The molecule has 0 aliphatic heterocycles. The molecule has 0 bridgehead atoms. The standard InChI is InChI=1S/C10H14N4O3S2/c1-14-5-9(2-8(14)3-11)19(16,17)12-4-7-6-18-10(15)13-7/h2,5-6,12H,3-4,11H2,1H3,(H,13,15). The van der Waals surface area contributed by atoms with Gasteiger partial charge in [0.25, 0.3) is 0 Å². The Morgan fingerprint density at radius 3 is 2.79 bits per heavy atom. The number of aryl methyl sites for hydroxylation is 1. The highest BCUT2D eigenvalue weighted by molar-refractivity contribution is 7.89. The number of rotatable bonds is 5. The number of hydrogen-bond acceptors (Lipinski definition) is 5. The Morgan fingerprint density at radius 2 is 2.26 bits per heavy atom. The second kappa shape index (κ2) is 5.29. The number of aromatic nitrogens is 2. The molecule has 0 saturated heterocycles. The van der Waals surface area contributed by atoms with Crippen molar-refractivity contribution < 1.29 is 8.42 Å². The Hall–Kier alpha value is -1.42. The summed E-state index contributed by atoms with van der Waals surface area (Å²) in [5, 5.41) is 1.58. The lowest BCUT2D eigenvalue weighted by Gasteiger charge is -2.02. The third kappa shape index (κ3) is 3.13. The van der Waals surface area contributed by atoms with E-state index in [1.54, 1.807) is 17.0 Å². The number of aromatic amines is 1. The summed E-state index contributed by atoms with van der Waals surface area (Å²) in [4.78, 5) is 13.4. The van der Waals surface area contributed by atoms with Crippen molar-refractivity contribution in [2.75, 3.05) is 0 Å². The van der Waals surface area contributed by atoms with Gasteiger partial charge >= 0.3 is 4.87 Å². The number of hydrogen-bond donors (Lipinski definition) is 3. The summed E-state index contributed by atoms with van der Waals surface area (Å²) in [6.07, 6.45) is 1.50. The summed E-state index contributed by atoms with van der Waals surface area (Å²) in [6.45, 7) is 0.317.